The molecule has 0 heterocycles. The topological polar surface area (TPSA) is 6.48 Å². The van der Waals surface area contributed by atoms with Crippen LogP contribution in [0.15, 0.2) is 146 Å². The number of rotatable bonds is 10. The molecular formula is C54H50N2. The minimum Gasteiger partial charge on any atom is -0.309 e. The maximum atomic E-state index is 2.54. The van der Waals surface area contributed by atoms with Gasteiger partial charge in [0, 0.05) is 22.1 Å². The lowest BCUT2D eigenvalue weighted by Gasteiger charge is -2.32. The molecule has 0 N–H and O–H groups in total. The molecule has 0 saturated carbocycles. The molecule has 9 aromatic rings. The third kappa shape index (κ3) is 5.70. The first-order chi connectivity index (χ1) is 27.4. The average molecular weight is 727 g/mol. The molecule has 0 amide bonds. The van der Waals surface area contributed by atoms with E-state index in [4.69, 9.17) is 0 Å². The summed E-state index contributed by atoms with van der Waals surface area (Å²) in [6.07, 6.45) is 3.86. The molecule has 276 valence electrons. The summed E-state index contributed by atoms with van der Waals surface area (Å²) in [5, 5.41) is 10.4. The van der Waals surface area contributed by atoms with Gasteiger partial charge in [-0.3, -0.25) is 0 Å². The Morgan fingerprint density at radius 2 is 0.625 bits per heavy atom. The van der Waals surface area contributed by atoms with E-state index >= 15 is 0 Å². The summed E-state index contributed by atoms with van der Waals surface area (Å²) in [4.78, 5) is 5.07. The monoisotopic (exact) mass is 726 g/mol. The number of nitrogens with zero attached hydrogens (tertiary/aromatic N) is 2. The first-order valence-corrected chi connectivity index (χ1v) is 20.5. The van der Waals surface area contributed by atoms with Crippen molar-refractivity contribution in [2.45, 2.75) is 67.2 Å². The van der Waals surface area contributed by atoms with Gasteiger partial charge in [0.1, 0.15) is 0 Å². The number of hydrogen-bond acceptors (Lipinski definition) is 2. The second-order valence-corrected chi connectivity index (χ2v) is 15.3. The van der Waals surface area contributed by atoms with Crippen molar-refractivity contribution in [1.82, 2.24) is 0 Å². The quantitative estimate of drug-likeness (QED) is 0.102. The summed E-state index contributed by atoms with van der Waals surface area (Å²) in [7, 11) is 0. The standard InChI is InChI=1S/C54H50N2/c1-7-37-15-11-16-38(8-2)53(37)55(41-27-23-35(5)24-28-41)49-33-31-45-44-20-14-22-48-50(34-32-46(52(44)48)43-19-13-21-47(49)51(43)45)56(42-29-25-36(6)26-30-42)54-39(9-3)17-12-18-40(54)10-4/h11-34H,7-10H2,1-6H3. The summed E-state index contributed by atoms with van der Waals surface area (Å²) in [6, 6.07) is 55.2. The lowest BCUT2D eigenvalue weighted by molar-refractivity contribution is 1.06. The van der Waals surface area contributed by atoms with Gasteiger partial charge in [-0.2, -0.15) is 0 Å². The fraction of sp³-hybridized carbons (Fsp3) is 0.185. The Kier molecular flexibility index (Phi) is 9.22. The van der Waals surface area contributed by atoms with Gasteiger partial charge in [0.05, 0.1) is 22.7 Å². The second-order valence-electron chi connectivity index (χ2n) is 15.3. The van der Waals surface area contributed by atoms with Gasteiger partial charge in [-0.15, -0.1) is 0 Å². The van der Waals surface area contributed by atoms with Crippen molar-refractivity contribution in [3.8, 4) is 0 Å². The molecule has 0 aliphatic rings. The predicted molar refractivity (Wildman–Crippen MR) is 244 cm³/mol. The van der Waals surface area contributed by atoms with Crippen molar-refractivity contribution in [2.75, 3.05) is 9.80 Å². The molecule has 0 radical (unpaired) electrons. The van der Waals surface area contributed by atoms with Gasteiger partial charge in [0.25, 0.3) is 0 Å². The van der Waals surface area contributed by atoms with E-state index in [-0.39, 0.29) is 0 Å². The van der Waals surface area contributed by atoms with Crippen LogP contribution >= 0.6 is 0 Å². The predicted octanol–water partition coefficient (Wildman–Crippen LogP) is 15.5. The third-order valence-corrected chi connectivity index (χ3v) is 12.1. The molecule has 0 aliphatic carbocycles. The van der Waals surface area contributed by atoms with Crippen LogP contribution in [0.25, 0.3) is 43.1 Å². The van der Waals surface area contributed by atoms with Crippen LogP contribution in [0, 0.1) is 13.8 Å². The first-order valence-electron chi connectivity index (χ1n) is 20.5. The van der Waals surface area contributed by atoms with Crippen LogP contribution in [0.1, 0.15) is 61.1 Å². The fourth-order valence-electron chi connectivity index (χ4n) is 9.24. The lowest BCUT2D eigenvalue weighted by Crippen LogP contribution is -2.15. The van der Waals surface area contributed by atoms with E-state index in [1.807, 2.05) is 0 Å². The Hall–Kier alpha value is -6.12. The number of aryl methyl sites for hydroxylation is 6. The van der Waals surface area contributed by atoms with Crippen LogP contribution in [0.5, 0.6) is 0 Å². The highest BCUT2D eigenvalue weighted by Crippen LogP contribution is 2.50. The summed E-state index contributed by atoms with van der Waals surface area (Å²) < 4.78 is 0. The van der Waals surface area contributed by atoms with Gasteiger partial charge in [0.15, 0.2) is 0 Å². The molecule has 2 nitrogen and oxygen atoms in total. The molecule has 0 aliphatic heterocycles. The second kappa shape index (κ2) is 14.5. The maximum absolute atomic E-state index is 2.54. The van der Waals surface area contributed by atoms with E-state index in [0.717, 1.165) is 25.7 Å². The van der Waals surface area contributed by atoms with Crippen molar-refractivity contribution >= 4 is 77.2 Å². The van der Waals surface area contributed by atoms with Gasteiger partial charge in [-0.1, -0.05) is 148 Å². The highest BCUT2D eigenvalue weighted by molar-refractivity contribution is 6.35. The van der Waals surface area contributed by atoms with E-state index < -0.39 is 0 Å². The van der Waals surface area contributed by atoms with E-state index in [1.165, 1.54) is 111 Å². The Morgan fingerprint density at radius 3 is 0.964 bits per heavy atom. The summed E-state index contributed by atoms with van der Waals surface area (Å²) >= 11 is 0. The molecule has 0 spiro atoms. The largest absolute Gasteiger partial charge is 0.309 e. The summed E-state index contributed by atoms with van der Waals surface area (Å²) in [5.41, 5.74) is 15.4. The van der Waals surface area contributed by atoms with E-state index in [0.29, 0.717) is 0 Å². The minimum absolute atomic E-state index is 0.965. The van der Waals surface area contributed by atoms with Crippen LogP contribution in [-0.2, 0) is 25.7 Å². The van der Waals surface area contributed by atoms with E-state index in [1.54, 1.807) is 0 Å². The highest BCUT2D eigenvalue weighted by Gasteiger charge is 2.25. The van der Waals surface area contributed by atoms with Gasteiger partial charge in [-0.25, -0.2) is 0 Å². The van der Waals surface area contributed by atoms with Crippen molar-refractivity contribution in [2.24, 2.45) is 0 Å². The van der Waals surface area contributed by atoms with Gasteiger partial charge in [0.2, 0.25) is 0 Å². The van der Waals surface area contributed by atoms with Crippen molar-refractivity contribution in [3.05, 3.63) is 179 Å². The Bertz CT molecular complexity index is 2600. The van der Waals surface area contributed by atoms with Crippen molar-refractivity contribution in [3.63, 3.8) is 0 Å². The smallest absolute Gasteiger partial charge is 0.0540 e. The first kappa shape index (κ1) is 35.6. The normalized spacial score (nSPS) is 11.7. The molecule has 0 saturated heterocycles. The van der Waals surface area contributed by atoms with Gasteiger partial charge < -0.3 is 9.80 Å². The Balaban J connectivity index is 1.35. The van der Waals surface area contributed by atoms with Gasteiger partial charge >= 0.3 is 0 Å². The lowest BCUT2D eigenvalue weighted by atomic mass is 9.88. The molecule has 0 bridgehead atoms. The molecule has 56 heavy (non-hydrogen) atoms. The van der Waals surface area contributed by atoms with Crippen LogP contribution in [0.4, 0.5) is 34.1 Å². The zero-order chi connectivity index (χ0) is 38.5. The molecule has 0 aromatic heterocycles. The minimum atomic E-state index is 0.965. The SMILES string of the molecule is CCc1cccc(CC)c1N(c1ccc(C)cc1)c1ccc2c3cccc4c(N(c5ccc(C)cc5)c5c(CC)cccc5CC)ccc(c5cccc1c52)c43. The number of hydrogen-bond donors (Lipinski definition) is 0. The van der Waals surface area contributed by atoms with Crippen LogP contribution in [0.2, 0.25) is 0 Å². The Morgan fingerprint density at radius 1 is 0.321 bits per heavy atom. The number of para-hydroxylation sites is 2. The Labute approximate surface area is 332 Å². The zero-order valence-corrected chi connectivity index (χ0v) is 33.6. The number of benzene rings is 9. The van der Waals surface area contributed by atoms with Crippen molar-refractivity contribution < 1.29 is 0 Å². The molecule has 0 fully saturated rings. The summed E-state index contributed by atoms with van der Waals surface area (Å²) in [6.45, 7) is 13.4. The van der Waals surface area contributed by atoms with Crippen LogP contribution < -0.4 is 9.80 Å². The molecular weight excluding hydrogens is 677 g/mol. The number of anilines is 6. The van der Waals surface area contributed by atoms with Crippen LogP contribution in [0.3, 0.4) is 0 Å². The zero-order valence-electron chi connectivity index (χ0n) is 33.6. The molecule has 9 rings (SSSR count). The fourth-order valence-corrected chi connectivity index (χ4v) is 9.24. The van der Waals surface area contributed by atoms with Crippen LogP contribution in [-0.4, -0.2) is 0 Å². The highest BCUT2D eigenvalue weighted by atomic mass is 15.2. The van der Waals surface area contributed by atoms with Gasteiger partial charge in [-0.05, 0) is 131 Å². The average Bonchev–Trinajstić information content (AvgIpc) is 3.24. The number of fused-ring (bicyclic) bond motifs is 2. The maximum Gasteiger partial charge on any atom is 0.0540 e. The molecule has 2 heteroatoms. The van der Waals surface area contributed by atoms with Crippen molar-refractivity contribution in [1.29, 1.82) is 0 Å². The molecule has 9 aromatic carbocycles. The summed E-state index contributed by atoms with van der Waals surface area (Å²) in [5.74, 6) is 0. The van der Waals surface area contributed by atoms with E-state index in [2.05, 4.69) is 197 Å². The molecule has 0 atom stereocenters. The molecule has 0 unspecified atom stereocenters. The third-order valence-electron chi connectivity index (χ3n) is 12.1. The van der Waals surface area contributed by atoms with E-state index in [9.17, 15) is 0 Å².